The van der Waals surface area contributed by atoms with Crippen LogP contribution in [0.4, 0.5) is 0 Å². The Morgan fingerprint density at radius 2 is 2.00 bits per heavy atom. The maximum absolute atomic E-state index is 12.3. The van der Waals surface area contributed by atoms with Crippen molar-refractivity contribution in [3.8, 4) is 0 Å². The molecule has 1 amide bonds. The summed E-state index contributed by atoms with van der Waals surface area (Å²) in [6.45, 7) is 3.89. The maximum Gasteiger partial charge on any atom is 0.246 e. The maximum atomic E-state index is 12.3. The molecule has 20 heavy (non-hydrogen) atoms. The smallest absolute Gasteiger partial charge is 0.246 e. The van der Waals surface area contributed by atoms with Gasteiger partial charge in [-0.15, -0.1) is 0 Å². The van der Waals surface area contributed by atoms with Gasteiger partial charge in [-0.25, -0.2) is 0 Å². The fourth-order valence-electron chi connectivity index (χ4n) is 2.52. The van der Waals surface area contributed by atoms with Gasteiger partial charge in [0.2, 0.25) is 5.91 Å². The largest absolute Gasteiger partial charge is 0.339 e. The number of nitrogens with zero attached hydrogens (tertiary/aromatic N) is 1. The molecule has 4 heteroatoms. The molecule has 2 rings (SSSR count). The lowest BCUT2D eigenvalue weighted by molar-refractivity contribution is -0.127. The molecule has 1 heterocycles. The van der Waals surface area contributed by atoms with Crippen LogP contribution in [0.25, 0.3) is 5.57 Å². The molecule has 1 N–H and O–H groups in total. The highest BCUT2D eigenvalue weighted by Gasteiger charge is 2.20. The fraction of sp³-hybridized carbons (Fsp3) is 0.438. The number of likely N-dealkylation sites (N-methyl/N-ethyl adjacent to an activating group) is 1. The molecule has 0 spiro atoms. The van der Waals surface area contributed by atoms with Crippen LogP contribution in [-0.2, 0) is 4.79 Å². The molecule has 1 saturated heterocycles. The number of hydrogen-bond donors (Lipinski definition) is 1. The molecule has 0 unspecified atom stereocenters. The summed E-state index contributed by atoms with van der Waals surface area (Å²) in [5.41, 5.74) is 1.82. The Kier molecular flexibility index (Phi) is 5.21. The van der Waals surface area contributed by atoms with Gasteiger partial charge in [0.05, 0.1) is 0 Å². The van der Waals surface area contributed by atoms with E-state index in [0.29, 0.717) is 11.1 Å². The molecular weight excluding hydrogens is 272 g/mol. The average molecular weight is 293 g/mol. The second-order valence-corrected chi connectivity index (χ2v) is 5.64. The molecule has 1 fully saturated rings. The monoisotopic (exact) mass is 292 g/mol. The summed E-state index contributed by atoms with van der Waals surface area (Å²) >= 11 is 6.16. The Labute approximate surface area is 125 Å². The van der Waals surface area contributed by atoms with Gasteiger partial charge in [-0.05, 0) is 50.1 Å². The molecule has 1 aliphatic rings. The third-order valence-electron chi connectivity index (χ3n) is 3.84. The molecular formula is C16H21ClN2O. The zero-order valence-electron chi connectivity index (χ0n) is 12.0. The minimum Gasteiger partial charge on any atom is -0.339 e. The molecule has 1 aromatic carbocycles. The van der Waals surface area contributed by atoms with Gasteiger partial charge in [0.25, 0.3) is 0 Å². The Balaban J connectivity index is 2.09. The molecule has 0 atom stereocenters. The normalized spacial score (nSPS) is 17.1. The van der Waals surface area contributed by atoms with Crippen molar-refractivity contribution >= 4 is 23.1 Å². The van der Waals surface area contributed by atoms with E-state index in [-0.39, 0.29) is 5.91 Å². The number of piperidine rings is 1. The van der Waals surface area contributed by atoms with Crippen LogP contribution in [0.2, 0.25) is 5.02 Å². The molecule has 0 bridgehead atoms. The van der Waals surface area contributed by atoms with Gasteiger partial charge in [0, 0.05) is 24.2 Å². The average Bonchev–Trinajstić information content (AvgIpc) is 2.47. The number of halogens is 1. The van der Waals surface area contributed by atoms with E-state index < -0.39 is 0 Å². The second kappa shape index (κ2) is 6.91. The summed E-state index contributed by atoms with van der Waals surface area (Å²) in [5.74, 6) is 0.0503. The Bertz CT molecular complexity index is 507. The summed E-state index contributed by atoms with van der Waals surface area (Å²) in [4.78, 5) is 14.2. The van der Waals surface area contributed by atoms with E-state index in [1.807, 2.05) is 43.1 Å². The van der Waals surface area contributed by atoms with Crippen LogP contribution in [0.3, 0.4) is 0 Å². The molecule has 108 valence electrons. The summed E-state index contributed by atoms with van der Waals surface area (Å²) in [6, 6.07) is 7.93. The van der Waals surface area contributed by atoms with Crippen molar-refractivity contribution in [1.82, 2.24) is 10.2 Å². The van der Waals surface area contributed by atoms with Crippen LogP contribution in [0.1, 0.15) is 25.3 Å². The minimum absolute atomic E-state index is 0.0503. The predicted molar refractivity (Wildman–Crippen MR) is 83.8 cm³/mol. The van der Waals surface area contributed by atoms with Crippen LogP contribution in [-0.4, -0.2) is 37.0 Å². The summed E-state index contributed by atoms with van der Waals surface area (Å²) in [6.07, 6.45) is 3.71. The topological polar surface area (TPSA) is 32.3 Å². The van der Waals surface area contributed by atoms with Crippen LogP contribution >= 0.6 is 11.6 Å². The van der Waals surface area contributed by atoms with E-state index in [9.17, 15) is 4.79 Å². The number of nitrogens with one attached hydrogen (secondary N) is 1. The number of rotatable bonds is 3. The highest BCUT2D eigenvalue weighted by atomic mass is 35.5. The second-order valence-electron chi connectivity index (χ2n) is 5.24. The van der Waals surface area contributed by atoms with E-state index in [1.165, 1.54) is 0 Å². The van der Waals surface area contributed by atoms with Gasteiger partial charge in [-0.3, -0.25) is 4.79 Å². The number of carbonyl (C=O) groups excluding carboxylic acids is 1. The molecule has 0 radical (unpaired) electrons. The SMILES string of the molecule is CC(=CC(=O)N(C)C1CCNCC1)c1ccccc1Cl. The quantitative estimate of drug-likeness (QED) is 0.869. The van der Waals surface area contributed by atoms with Gasteiger partial charge in [-0.1, -0.05) is 29.8 Å². The minimum atomic E-state index is 0.0503. The summed E-state index contributed by atoms with van der Waals surface area (Å²) in [7, 11) is 1.88. The van der Waals surface area contributed by atoms with E-state index in [4.69, 9.17) is 11.6 Å². The van der Waals surface area contributed by atoms with Crippen LogP contribution in [0.15, 0.2) is 30.3 Å². The number of hydrogen-bond acceptors (Lipinski definition) is 2. The fourth-order valence-corrected chi connectivity index (χ4v) is 2.80. The van der Waals surface area contributed by atoms with Crippen molar-refractivity contribution in [1.29, 1.82) is 0 Å². The van der Waals surface area contributed by atoms with Crippen molar-refractivity contribution < 1.29 is 4.79 Å². The molecule has 3 nitrogen and oxygen atoms in total. The number of benzene rings is 1. The molecule has 0 saturated carbocycles. The lowest BCUT2D eigenvalue weighted by Gasteiger charge is -2.31. The number of allylic oxidation sites excluding steroid dienone is 1. The zero-order chi connectivity index (χ0) is 14.5. The molecule has 0 aliphatic carbocycles. The van der Waals surface area contributed by atoms with E-state index >= 15 is 0 Å². The van der Waals surface area contributed by atoms with Gasteiger partial charge >= 0.3 is 0 Å². The van der Waals surface area contributed by atoms with Gasteiger partial charge in [0.1, 0.15) is 0 Å². The van der Waals surface area contributed by atoms with Crippen LogP contribution < -0.4 is 5.32 Å². The first-order valence-corrected chi connectivity index (χ1v) is 7.38. The standard InChI is InChI=1S/C16H21ClN2O/c1-12(14-5-3-4-6-15(14)17)11-16(20)19(2)13-7-9-18-10-8-13/h3-6,11,13,18H,7-10H2,1-2H3. The summed E-state index contributed by atoms with van der Waals surface area (Å²) < 4.78 is 0. The van der Waals surface area contributed by atoms with Crippen molar-refractivity contribution in [2.45, 2.75) is 25.8 Å². The lowest BCUT2D eigenvalue weighted by atomic mass is 10.0. The highest BCUT2D eigenvalue weighted by molar-refractivity contribution is 6.32. The Hall–Kier alpha value is -1.32. The first-order valence-electron chi connectivity index (χ1n) is 7.00. The van der Waals surface area contributed by atoms with E-state index in [1.54, 1.807) is 6.08 Å². The highest BCUT2D eigenvalue weighted by Crippen LogP contribution is 2.23. The van der Waals surface area contributed by atoms with E-state index in [0.717, 1.165) is 37.1 Å². The van der Waals surface area contributed by atoms with Crippen molar-refractivity contribution in [2.24, 2.45) is 0 Å². The molecule has 0 aromatic heterocycles. The van der Waals surface area contributed by atoms with Crippen molar-refractivity contribution in [3.05, 3.63) is 40.9 Å². The van der Waals surface area contributed by atoms with Crippen LogP contribution in [0, 0.1) is 0 Å². The van der Waals surface area contributed by atoms with Crippen LogP contribution in [0.5, 0.6) is 0 Å². The Morgan fingerprint density at radius 1 is 1.35 bits per heavy atom. The molecule has 1 aromatic rings. The lowest BCUT2D eigenvalue weighted by Crippen LogP contribution is -2.43. The van der Waals surface area contributed by atoms with Crippen molar-refractivity contribution in [3.63, 3.8) is 0 Å². The summed E-state index contributed by atoms with van der Waals surface area (Å²) in [5, 5.41) is 3.99. The third-order valence-corrected chi connectivity index (χ3v) is 4.17. The Morgan fingerprint density at radius 3 is 2.65 bits per heavy atom. The van der Waals surface area contributed by atoms with Gasteiger partial charge in [0.15, 0.2) is 0 Å². The van der Waals surface area contributed by atoms with Gasteiger partial charge in [-0.2, -0.15) is 0 Å². The third kappa shape index (κ3) is 3.62. The van der Waals surface area contributed by atoms with Gasteiger partial charge < -0.3 is 10.2 Å². The number of amides is 1. The zero-order valence-corrected chi connectivity index (χ0v) is 12.8. The predicted octanol–water partition coefficient (Wildman–Crippen LogP) is 2.95. The van der Waals surface area contributed by atoms with Crippen molar-refractivity contribution in [2.75, 3.05) is 20.1 Å². The van der Waals surface area contributed by atoms with E-state index in [2.05, 4.69) is 5.32 Å². The first kappa shape index (κ1) is 15.1. The first-order chi connectivity index (χ1) is 9.59. The molecule has 1 aliphatic heterocycles. The number of carbonyl (C=O) groups is 1.